The van der Waals surface area contributed by atoms with Gasteiger partial charge in [-0.2, -0.15) is 0 Å². The zero-order chi connectivity index (χ0) is 21.8. The number of nitro benzene ring substituents is 1. The average molecular weight is 438 g/mol. The highest BCUT2D eigenvalue weighted by Crippen LogP contribution is 2.25. The van der Waals surface area contributed by atoms with Crippen molar-refractivity contribution < 1.29 is 18.1 Å². The summed E-state index contributed by atoms with van der Waals surface area (Å²) in [5, 5.41) is 13.5. The second kappa shape index (κ2) is 8.73. The van der Waals surface area contributed by atoms with Crippen LogP contribution in [0.5, 0.6) is 0 Å². The van der Waals surface area contributed by atoms with Crippen LogP contribution in [0.2, 0.25) is 5.02 Å². The van der Waals surface area contributed by atoms with E-state index in [0.29, 0.717) is 11.3 Å². The Hall–Kier alpha value is -2.75. The second-order valence-electron chi connectivity index (χ2n) is 7.17. The number of halogens is 1. The molecule has 2 rings (SSSR count). The molecule has 2 aromatic carbocycles. The first kappa shape index (κ1) is 22.5. The molecule has 0 aromatic heterocycles. The molecule has 2 aromatic rings. The highest BCUT2D eigenvalue weighted by atomic mass is 35.5. The third kappa shape index (κ3) is 6.67. The van der Waals surface area contributed by atoms with Crippen LogP contribution in [0.1, 0.15) is 26.3 Å². The van der Waals surface area contributed by atoms with Gasteiger partial charge in [-0.05, 0) is 56.7 Å². The molecule has 10 heteroatoms. The Morgan fingerprint density at radius 1 is 1.17 bits per heavy atom. The Kier molecular flexibility index (Phi) is 6.78. The molecule has 0 aliphatic rings. The maximum atomic E-state index is 12.4. The van der Waals surface area contributed by atoms with E-state index in [-0.39, 0.29) is 15.6 Å². The summed E-state index contributed by atoms with van der Waals surface area (Å²) in [6, 6.07) is 9.98. The van der Waals surface area contributed by atoms with E-state index in [2.05, 4.69) is 10.0 Å². The van der Waals surface area contributed by atoms with E-state index >= 15 is 0 Å². The van der Waals surface area contributed by atoms with Crippen LogP contribution in [-0.2, 0) is 14.8 Å². The van der Waals surface area contributed by atoms with Crippen molar-refractivity contribution in [1.29, 1.82) is 0 Å². The van der Waals surface area contributed by atoms with Gasteiger partial charge >= 0.3 is 0 Å². The Labute approximate surface area is 173 Å². The summed E-state index contributed by atoms with van der Waals surface area (Å²) in [6.45, 7) is 5.17. The number of amides is 1. The molecule has 0 bridgehead atoms. The number of nitrogens with zero attached hydrogens (tertiary/aromatic N) is 1. The number of hydrogen-bond acceptors (Lipinski definition) is 5. The lowest BCUT2D eigenvalue weighted by Crippen LogP contribution is -2.40. The first-order chi connectivity index (χ1) is 13.4. The molecule has 2 N–H and O–H groups in total. The number of nitrogens with one attached hydrogen (secondary N) is 2. The largest absolute Gasteiger partial charge is 0.322 e. The summed E-state index contributed by atoms with van der Waals surface area (Å²) in [7, 11) is -3.74. The molecule has 0 unspecified atom stereocenters. The van der Waals surface area contributed by atoms with Gasteiger partial charge in [0.2, 0.25) is 15.9 Å². The van der Waals surface area contributed by atoms with E-state index in [1.165, 1.54) is 48.6 Å². The van der Waals surface area contributed by atoms with E-state index in [1.54, 1.807) is 26.8 Å². The Morgan fingerprint density at radius 2 is 1.86 bits per heavy atom. The predicted molar refractivity (Wildman–Crippen MR) is 112 cm³/mol. The quantitative estimate of drug-likeness (QED) is 0.402. The number of sulfonamides is 1. The van der Waals surface area contributed by atoms with Crippen LogP contribution in [0.25, 0.3) is 6.08 Å². The van der Waals surface area contributed by atoms with Crippen LogP contribution in [0.3, 0.4) is 0 Å². The van der Waals surface area contributed by atoms with Crippen LogP contribution in [0.4, 0.5) is 11.4 Å². The van der Waals surface area contributed by atoms with Gasteiger partial charge in [-0.25, -0.2) is 13.1 Å². The molecule has 0 radical (unpaired) electrons. The normalized spacial score (nSPS) is 12.1. The highest BCUT2D eigenvalue weighted by molar-refractivity contribution is 7.89. The molecule has 1 amide bonds. The molecule has 0 fully saturated rings. The van der Waals surface area contributed by atoms with Crippen molar-refractivity contribution in [3.8, 4) is 0 Å². The molecular weight excluding hydrogens is 418 g/mol. The minimum atomic E-state index is -3.74. The minimum absolute atomic E-state index is 0.00140. The van der Waals surface area contributed by atoms with Crippen molar-refractivity contribution in [1.82, 2.24) is 4.72 Å². The molecular formula is C19H20ClN3O5S. The molecule has 0 saturated carbocycles. The van der Waals surface area contributed by atoms with Crippen LogP contribution in [-0.4, -0.2) is 24.8 Å². The molecule has 0 saturated heterocycles. The Bertz CT molecular complexity index is 1080. The number of benzene rings is 2. The molecule has 29 heavy (non-hydrogen) atoms. The monoisotopic (exact) mass is 437 g/mol. The van der Waals surface area contributed by atoms with Crippen LogP contribution < -0.4 is 10.0 Å². The van der Waals surface area contributed by atoms with E-state index in [0.717, 1.165) is 0 Å². The molecule has 8 nitrogen and oxygen atoms in total. The number of rotatable bonds is 6. The Morgan fingerprint density at radius 3 is 2.48 bits per heavy atom. The summed E-state index contributed by atoms with van der Waals surface area (Å²) in [5.41, 5.74) is -0.207. The van der Waals surface area contributed by atoms with Crippen LogP contribution >= 0.6 is 11.6 Å². The second-order valence-corrected chi connectivity index (χ2v) is 9.26. The number of carbonyl (C=O) groups is 1. The average Bonchev–Trinajstić information content (AvgIpc) is 2.59. The van der Waals surface area contributed by atoms with Gasteiger partial charge in [0.1, 0.15) is 5.02 Å². The fraction of sp³-hybridized carbons (Fsp3) is 0.211. The van der Waals surface area contributed by atoms with Crippen molar-refractivity contribution in [2.24, 2.45) is 0 Å². The number of carbonyl (C=O) groups excluding carboxylic acids is 1. The fourth-order valence-corrected chi connectivity index (χ4v) is 3.98. The van der Waals surface area contributed by atoms with Crippen molar-refractivity contribution in [3.05, 3.63) is 69.2 Å². The number of anilines is 1. The molecule has 0 heterocycles. The molecule has 0 atom stereocenters. The summed E-state index contributed by atoms with van der Waals surface area (Å²) < 4.78 is 27.4. The minimum Gasteiger partial charge on any atom is -0.322 e. The van der Waals surface area contributed by atoms with E-state index in [4.69, 9.17) is 11.6 Å². The van der Waals surface area contributed by atoms with Crippen molar-refractivity contribution >= 4 is 45.0 Å². The first-order valence-electron chi connectivity index (χ1n) is 8.44. The molecule has 0 spiro atoms. The van der Waals surface area contributed by atoms with Crippen molar-refractivity contribution in [2.45, 2.75) is 31.2 Å². The lowest BCUT2D eigenvalue weighted by atomic mass is 10.1. The highest BCUT2D eigenvalue weighted by Gasteiger charge is 2.22. The lowest BCUT2D eigenvalue weighted by molar-refractivity contribution is -0.384. The molecule has 154 valence electrons. The fourth-order valence-electron chi connectivity index (χ4n) is 2.33. The maximum Gasteiger partial charge on any atom is 0.288 e. The standard InChI is InChI=1S/C19H20ClN3O5S/c1-19(2,3)22-29(27,28)15-6-4-5-14(12-15)21-18(24)10-8-13-7-9-16(20)17(11-13)23(25)26/h4-12,22H,1-3H3,(H,21,24). The zero-order valence-corrected chi connectivity index (χ0v) is 17.5. The first-order valence-corrected chi connectivity index (χ1v) is 10.3. The van der Waals surface area contributed by atoms with Gasteiger partial charge in [0.15, 0.2) is 0 Å². The SMILES string of the molecule is CC(C)(C)NS(=O)(=O)c1cccc(NC(=O)C=Cc2ccc(Cl)c([N+](=O)[O-])c2)c1. The van der Waals surface area contributed by atoms with Gasteiger partial charge in [-0.3, -0.25) is 14.9 Å². The van der Waals surface area contributed by atoms with Crippen LogP contribution in [0, 0.1) is 10.1 Å². The van der Waals surface area contributed by atoms with Gasteiger partial charge in [0.05, 0.1) is 9.82 Å². The van der Waals surface area contributed by atoms with E-state index < -0.39 is 26.4 Å². The van der Waals surface area contributed by atoms with Gasteiger partial charge < -0.3 is 5.32 Å². The van der Waals surface area contributed by atoms with E-state index in [9.17, 15) is 23.3 Å². The number of nitro groups is 1. The summed E-state index contributed by atoms with van der Waals surface area (Å²) in [5.74, 6) is -0.527. The molecule has 0 aliphatic carbocycles. The maximum absolute atomic E-state index is 12.4. The van der Waals surface area contributed by atoms with Crippen LogP contribution in [0.15, 0.2) is 53.4 Å². The zero-order valence-electron chi connectivity index (χ0n) is 16.0. The summed E-state index contributed by atoms with van der Waals surface area (Å²) in [4.78, 5) is 22.5. The molecule has 0 aliphatic heterocycles. The van der Waals surface area contributed by atoms with Crippen molar-refractivity contribution in [2.75, 3.05) is 5.32 Å². The van der Waals surface area contributed by atoms with E-state index in [1.807, 2.05) is 0 Å². The summed E-state index contributed by atoms with van der Waals surface area (Å²) in [6.07, 6.45) is 2.57. The predicted octanol–water partition coefficient (Wildman–Crippen LogP) is 3.98. The third-order valence-corrected chi connectivity index (χ3v) is 5.52. The van der Waals surface area contributed by atoms with Gasteiger partial charge in [-0.1, -0.05) is 23.7 Å². The van der Waals surface area contributed by atoms with Gasteiger partial charge in [0.25, 0.3) is 5.69 Å². The smallest absolute Gasteiger partial charge is 0.288 e. The summed E-state index contributed by atoms with van der Waals surface area (Å²) >= 11 is 5.75. The number of hydrogen-bond donors (Lipinski definition) is 2. The topological polar surface area (TPSA) is 118 Å². The van der Waals surface area contributed by atoms with Gasteiger partial charge in [0, 0.05) is 23.4 Å². The van der Waals surface area contributed by atoms with Crippen molar-refractivity contribution in [3.63, 3.8) is 0 Å². The lowest BCUT2D eigenvalue weighted by Gasteiger charge is -2.20. The Balaban J connectivity index is 2.15. The third-order valence-electron chi connectivity index (χ3n) is 3.45. The van der Waals surface area contributed by atoms with Gasteiger partial charge in [-0.15, -0.1) is 0 Å².